The van der Waals surface area contributed by atoms with Crippen molar-refractivity contribution < 1.29 is 0 Å². The van der Waals surface area contributed by atoms with E-state index in [1.165, 1.54) is 89.4 Å². The molecule has 4 heteroatoms. The Morgan fingerprint density at radius 3 is 1.08 bits per heavy atom. The van der Waals surface area contributed by atoms with Crippen LogP contribution in [0.5, 0.6) is 0 Å². The van der Waals surface area contributed by atoms with Crippen LogP contribution in [-0.2, 0) is 4.66 Å². The summed E-state index contributed by atoms with van der Waals surface area (Å²) in [5.74, 6) is 1.87. The summed E-state index contributed by atoms with van der Waals surface area (Å²) in [4.78, 5) is 5.05. The van der Waals surface area contributed by atoms with Gasteiger partial charge in [-0.15, -0.1) is 0 Å². The fourth-order valence-corrected chi connectivity index (χ4v) is 24.2. The number of hydrogen-bond acceptors (Lipinski definition) is 2. The van der Waals surface area contributed by atoms with Gasteiger partial charge in [0, 0.05) is 38.5 Å². The molecular formula is C59H70N2Si2. The van der Waals surface area contributed by atoms with E-state index in [4.69, 9.17) is 0 Å². The monoisotopic (exact) mass is 863 g/mol. The van der Waals surface area contributed by atoms with Crippen molar-refractivity contribution in [2.24, 2.45) is 0 Å². The molecule has 0 aliphatic heterocycles. The maximum Gasteiger partial charge on any atom is 0.0579 e. The zero-order valence-electron chi connectivity index (χ0n) is 40.6. The van der Waals surface area contributed by atoms with Crippen LogP contribution in [0.4, 0.5) is 34.1 Å². The van der Waals surface area contributed by atoms with Gasteiger partial charge in [0.25, 0.3) is 0 Å². The third kappa shape index (κ3) is 7.71. The van der Waals surface area contributed by atoms with Crippen molar-refractivity contribution in [2.75, 3.05) is 9.80 Å². The molecule has 2 nitrogen and oxygen atoms in total. The lowest BCUT2D eigenvalue weighted by molar-refractivity contribution is 0.866. The number of anilines is 6. The molecule has 0 spiro atoms. The third-order valence-corrected chi connectivity index (χ3v) is 24.2. The summed E-state index contributed by atoms with van der Waals surface area (Å²) in [6, 6.07) is 56.7. The van der Waals surface area contributed by atoms with Crippen molar-refractivity contribution in [1.82, 2.24) is 0 Å². The number of fused-ring (bicyclic) bond motifs is 5. The molecule has 0 heterocycles. The topological polar surface area (TPSA) is 6.48 Å². The van der Waals surface area contributed by atoms with Crippen LogP contribution in [0, 0.1) is 0 Å². The first kappa shape index (κ1) is 44.4. The van der Waals surface area contributed by atoms with Crippen molar-refractivity contribution in [2.45, 2.75) is 123 Å². The van der Waals surface area contributed by atoms with Crippen molar-refractivity contribution in [3.63, 3.8) is 0 Å². The number of hydrogen-bond donors (Lipinski definition) is 0. The number of benzene rings is 7. The molecule has 0 aromatic heterocycles. The third-order valence-electron chi connectivity index (χ3n) is 14.1. The van der Waals surface area contributed by atoms with E-state index in [1.54, 1.807) is 0 Å². The highest BCUT2D eigenvalue weighted by Crippen LogP contribution is 2.62. The summed E-state index contributed by atoms with van der Waals surface area (Å²) >= 11 is 0. The van der Waals surface area contributed by atoms with Crippen LogP contribution in [0.3, 0.4) is 0 Å². The fraction of sp³-hybridized carbons (Fsp3) is 0.322. The quantitative estimate of drug-likeness (QED) is 0.113. The molecule has 63 heavy (non-hydrogen) atoms. The molecule has 0 fully saturated rings. The Morgan fingerprint density at radius 2 is 0.714 bits per heavy atom. The lowest BCUT2D eigenvalue weighted by Crippen LogP contribution is -2.63. The molecule has 7 aromatic carbocycles. The van der Waals surface area contributed by atoms with E-state index >= 15 is 0 Å². The van der Waals surface area contributed by atoms with Crippen LogP contribution < -0.4 is 9.80 Å². The summed E-state index contributed by atoms with van der Waals surface area (Å²) in [6.07, 6.45) is 0. The lowest BCUT2D eigenvalue weighted by atomic mass is 9.95. The van der Waals surface area contributed by atoms with Crippen molar-refractivity contribution >= 4 is 61.0 Å². The Hall–Kier alpha value is -5.17. The second-order valence-corrected chi connectivity index (χ2v) is 32.5. The molecule has 1 aliphatic rings. The van der Waals surface area contributed by atoms with E-state index in [0.29, 0.717) is 23.7 Å². The van der Waals surface area contributed by atoms with Crippen molar-refractivity contribution in [3.05, 3.63) is 179 Å². The van der Waals surface area contributed by atoms with E-state index in [2.05, 4.69) is 250 Å². The standard InChI is InChI=1S/C59H70N2Si2/c1-39(2)43-19-27-47(28-20-43)60(48-29-21-44(22-30-48)40(3)4)51-35-36-54-55(37-51)59(62(9,10)11,63(12,13)14)56-38-57(52-17-15-16-18-53(52)58(54)56)61(49-31-23-45(24-32-49)41(5)6)50-33-25-46(26-34-50)42(7)8/h15-42H,1-14H3. The summed E-state index contributed by atoms with van der Waals surface area (Å²) < 4.78 is -0.0944. The summed E-state index contributed by atoms with van der Waals surface area (Å²) in [5, 5.41) is 2.62. The molecule has 0 radical (unpaired) electrons. The Bertz CT molecular complexity index is 2610. The van der Waals surface area contributed by atoms with Gasteiger partial charge in [-0.2, -0.15) is 0 Å². The maximum absolute atomic E-state index is 2.66. The van der Waals surface area contributed by atoms with Gasteiger partial charge >= 0.3 is 0 Å². The van der Waals surface area contributed by atoms with Gasteiger partial charge in [0.1, 0.15) is 0 Å². The van der Waals surface area contributed by atoms with Crippen molar-refractivity contribution in [1.29, 1.82) is 0 Å². The smallest absolute Gasteiger partial charge is 0.0579 e. The first-order valence-corrected chi connectivity index (χ1v) is 30.5. The summed E-state index contributed by atoms with van der Waals surface area (Å²) in [6.45, 7) is 34.1. The first-order chi connectivity index (χ1) is 29.8. The van der Waals surface area contributed by atoms with Crippen LogP contribution in [0.1, 0.15) is 112 Å². The van der Waals surface area contributed by atoms with Gasteiger partial charge in [-0.1, -0.05) is 174 Å². The number of rotatable bonds is 12. The van der Waals surface area contributed by atoms with Gasteiger partial charge in [0.15, 0.2) is 0 Å². The molecule has 7 aromatic rings. The average molecular weight is 863 g/mol. The Morgan fingerprint density at radius 1 is 0.365 bits per heavy atom. The molecule has 1 aliphatic carbocycles. The van der Waals surface area contributed by atoms with Gasteiger partial charge in [0.2, 0.25) is 0 Å². The van der Waals surface area contributed by atoms with Crippen LogP contribution in [0.2, 0.25) is 39.3 Å². The molecule has 0 amide bonds. The molecule has 0 saturated carbocycles. The van der Waals surface area contributed by atoms with Crippen molar-refractivity contribution in [3.8, 4) is 11.1 Å². The van der Waals surface area contributed by atoms with Crippen LogP contribution in [0.15, 0.2) is 146 Å². The van der Waals surface area contributed by atoms with Crippen LogP contribution in [-0.4, -0.2) is 16.1 Å². The van der Waals surface area contributed by atoms with E-state index in [9.17, 15) is 0 Å². The minimum absolute atomic E-state index is 0.0944. The highest BCUT2D eigenvalue weighted by atomic mass is 28.4. The second-order valence-electron chi connectivity index (χ2n) is 21.5. The molecular weight excluding hydrogens is 793 g/mol. The molecule has 0 bridgehead atoms. The largest absolute Gasteiger partial charge is 0.310 e. The predicted octanol–water partition coefficient (Wildman–Crippen LogP) is 18.3. The van der Waals surface area contributed by atoms with E-state index in [0.717, 1.165) is 0 Å². The SMILES string of the molecule is CC(C)c1ccc(N(c2ccc(C(C)C)cc2)c2ccc3c(c2)C([Si](C)(C)C)([Si](C)(C)C)c2cc(N(c4ccc(C(C)C)cc4)c4ccc(C(C)C)cc4)c4ccccc4c2-3)cc1. The summed E-state index contributed by atoms with van der Waals surface area (Å²) in [7, 11) is -4.18. The zero-order chi connectivity index (χ0) is 45.2. The Kier molecular flexibility index (Phi) is 11.8. The Balaban J connectivity index is 1.42. The zero-order valence-corrected chi connectivity index (χ0v) is 42.6. The van der Waals surface area contributed by atoms with Crippen LogP contribution >= 0.6 is 0 Å². The van der Waals surface area contributed by atoms with E-state index < -0.39 is 16.1 Å². The minimum Gasteiger partial charge on any atom is -0.310 e. The lowest BCUT2D eigenvalue weighted by Gasteiger charge is -2.51. The Labute approximate surface area is 382 Å². The first-order valence-electron chi connectivity index (χ1n) is 23.5. The van der Waals surface area contributed by atoms with Gasteiger partial charge in [-0.25, -0.2) is 0 Å². The van der Waals surface area contributed by atoms with Crippen LogP contribution in [0.25, 0.3) is 21.9 Å². The fourth-order valence-electron chi connectivity index (χ4n) is 11.1. The predicted molar refractivity (Wildman–Crippen MR) is 283 cm³/mol. The molecule has 0 saturated heterocycles. The molecule has 324 valence electrons. The average Bonchev–Trinajstić information content (AvgIpc) is 3.56. The highest BCUT2D eigenvalue weighted by molar-refractivity contribution is 6.99. The second kappa shape index (κ2) is 16.8. The van der Waals surface area contributed by atoms with Gasteiger partial charge in [0.05, 0.1) is 21.8 Å². The molecule has 0 atom stereocenters. The summed E-state index contributed by atoms with van der Waals surface area (Å²) in [5.41, 5.74) is 18.5. The molecule has 0 N–H and O–H groups in total. The van der Waals surface area contributed by atoms with E-state index in [-0.39, 0.29) is 4.66 Å². The highest BCUT2D eigenvalue weighted by Gasteiger charge is 2.60. The van der Waals surface area contributed by atoms with E-state index in [1.807, 2.05) is 0 Å². The van der Waals surface area contributed by atoms with Gasteiger partial charge in [-0.05, 0) is 140 Å². The van der Waals surface area contributed by atoms with Gasteiger partial charge < -0.3 is 9.80 Å². The normalized spacial score (nSPS) is 13.6. The number of nitrogens with zero attached hydrogens (tertiary/aromatic N) is 2. The van der Waals surface area contributed by atoms with Gasteiger partial charge in [-0.3, -0.25) is 0 Å². The molecule has 8 rings (SSSR count). The molecule has 0 unspecified atom stereocenters. The maximum atomic E-state index is 2.66. The minimum atomic E-state index is -2.09.